The molecule has 0 fully saturated rings. The van der Waals surface area contributed by atoms with E-state index >= 15 is 0 Å². The van der Waals surface area contributed by atoms with E-state index in [1.54, 1.807) is 12.1 Å². The molecule has 0 radical (unpaired) electrons. The molecule has 7 nitrogen and oxygen atoms in total. The van der Waals surface area contributed by atoms with Crippen molar-refractivity contribution in [1.82, 2.24) is 10.7 Å². The van der Waals surface area contributed by atoms with Crippen LogP contribution in [0.5, 0.6) is 5.75 Å². The highest BCUT2D eigenvalue weighted by Gasteiger charge is 2.10. The van der Waals surface area contributed by atoms with E-state index in [-0.39, 0.29) is 6.54 Å². The molecule has 0 aliphatic rings. The number of hydrazone groups is 1. The zero-order chi connectivity index (χ0) is 15.5. The maximum Gasteiger partial charge on any atom is 0.329 e. The molecule has 0 unspecified atom stereocenters. The first-order valence-corrected chi connectivity index (χ1v) is 6.50. The molecule has 1 aromatic carbocycles. The van der Waals surface area contributed by atoms with Crippen LogP contribution in [0.2, 0.25) is 0 Å². The van der Waals surface area contributed by atoms with Crippen LogP contribution in [-0.2, 0) is 14.3 Å². The number of methoxy groups -OCH3 is 1. The summed E-state index contributed by atoms with van der Waals surface area (Å²) in [5, 5.41) is 6.11. The Morgan fingerprint density at radius 2 is 2.14 bits per heavy atom. The molecule has 1 aromatic rings. The fourth-order valence-electron chi connectivity index (χ4n) is 1.41. The Morgan fingerprint density at radius 3 is 2.86 bits per heavy atom. The van der Waals surface area contributed by atoms with Crippen LogP contribution in [0.4, 0.5) is 0 Å². The third-order valence-corrected chi connectivity index (χ3v) is 2.35. The molecule has 21 heavy (non-hydrogen) atoms. The standard InChI is InChI=1S/C14H19N3O4/c1-3-21-12-6-4-5-11(9-12)10-16-17-14(19)13(18)15-7-8-20-2/h4-6,9-10H,3,7-8H2,1-2H3,(H,15,18)(H,17,19)/b16-10-. The molecule has 0 atom stereocenters. The molecule has 0 saturated heterocycles. The number of benzene rings is 1. The van der Waals surface area contributed by atoms with Gasteiger partial charge in [-0.3, -0.25) is 9.59 Å². The van der Waals surface area contributed by atoms with Crippen molar-refractivity contribution in [3.8, 4) is 5.75 Å². The Bertz CT molecular complexity index is 503. The summed E-state index contributed by atoms with van der Waals surface area (Å²) in [5.41, 5.74) is 2.90. The normalized spacial score (nSPS) is 10.4. The summed E-state index contributed by atoms with van der Waals surface area (Å²) in [6.07, 6.45) is 1.43. The Morgan fingerprint density at radius 1 is 1.33 bits per heavy atom. The van der Waals surface area contributed by atoms with Crippen LogP contribution in [0.1, 0.15) is 12.5 Å². The van der Waals surface area contributed by atoms with E-state index in [4.69, 9.17) is 9.47 Å². The second-order valence-electron chi connectivity index (χ2n) is 3.95. The topological polar surface area (TPSA) is 89.0 Å². The first-order chi connectivity index (χ1) is 10.2. The Kier molecular flexibility index (Phi) is 7.52. The highest BCUT2D eigenvalue weighted by atomic mass is 16.5. The third-order valence-electron chi connectivity index (χ3n) is 2.35. The number of nitrogens with one attached hydrogen (secondary N) is 2. The number of rotatable bonds is 7. The van der Waals surface area contributed by atoms with Crippen molar-refractivity contribution in [3.05, 3.63) is 29.8 Å². The lowest BCUT2D eigenvalue weighted by Crippen LogP contribution is -2.39. The van der Waals surface area contributed by atoms with E-state index in [0.717, 1.165) is 5.56 Å². The first kappa shape index (κ1) is 16.6. The summed E-state index contributed by atoms with van der Waals surface area (Å²) < 4.78 is 10.1. The SMILES string of the molecule is CCOc1cccc(/C=N\NC(=O)C(=O)NCCOC)c1. The summed E-state index contributed by atoms with van der Waals surface area (Å²) in [6, 6.07) is 7.21. The summed E-state index contributed by atoms with van der Waals surface area (Å²) >= 11 is 0. The van der Waals surface area contributed by atoms with Crippen molar-refractivity contribution in [1.29, 1.82) is 0 Å². The van der Waals surface area contributed by atoms with Gasteiger partial charge in [0.25, 0.3) is 0 Å². The first-order valence-electron chi connectivity index (χ1n) is 6.50. The Labute approximate surface area is 123 Å². The van der Waals surface area contributed by atoms with E-state index in [0.29, 0.717) is 19.0 Å². The maximum absolute atomic E-state index is 11.4. The zero-order valence-corrected chi connectivity index (χ0v) is 12.1. The van der Waals surface area contributed by atoms with Crippen molar-refractivity contribution in [3.63, 3.8) is 0 Å². The van der Waals surface area contributed by atoms with Crippen LogP contribution in [-0.4, -0.2) is 44.9 Å². The molecule has 1 rings (SSSR count). The van der Waals surface area contributed by atoms with E-state index in [9.17, 15) is 9.59 Å². The lowest BCUT2D eigenvalue weighted by Gasteiger charge is -2.03. The van der Waals surface area contributed by atoms with Crippen LogP contribution in [0.3, 0.4) is 0 Å². The molecular weight excluding hydrogens is 274 g/mol. The fourth-order valence-corrected chi connectivity index (χ4v) is 1.41. The van der Waals surface area contributed by atoms with Crippen molar-refractivity contribution in [2.24, 2.45) is 5.10 Å². The highest BCUT2D eigenvalue weighted by Crippen LogP contribution is 2.11. The maximum atomic E-state index is 11.4. The van der Waals surface area contributed by atoms with E-state index in [2.05, 4.69) is 15.8 Å². The molecule has 0 aromatic heterocycles. The Balaban J connectivity index is 2.44. The van der Waals surface area contributed by atoms with Crippen LogP contribution in [0.25, 0.3) is 0 Å². The van der Waals surface area contributed by atoms with Gasteiger partial charge in [0, 0.05) is 13.7 Å². The monoisotopic (exact) mass is 293 g/mol. The summed E-state index contributed by atoms with van der Waals surface area (Å²) in [6.45, 7) is 3.07. The van der Waals surface area contributed by atoms with Crippen molar-refractivity contribution in [2.75, 3.05) is 26.9 Å². The van der Waals surface area contributed by atoms with Gasteiger partial charge in [-0.15, -0.1) is 0 Å². The van der Waals surface area contributed by atoms with Crippen molar-refractivity contribution >= 4 is 18.0 Å². The van der Waals surface area contributed by atoms with Gasteiger partial charge in [-0.05, 0) is 24.6 Å². The number of carbonyl (C=O) groups is 2. The van der Waals surface area contributed by atoms with Gasteiger partial charge in [-0.25, -0.2) is 5.43 Å². The molecule has 0 aliphatic carbocycles. The summed E-state index contributed by atoms with van der Waals surface area (Å²) in [7, 11) is 1.51. The van der Waals surface area contributed by atoms with E-state index in [1.807, 2.05) is 19.1 Å². The lowest BCUT2D eigenvalue weighted by molar-refractivity contribution is -0.139. The summed E-state index contributed by atoms with van der Waals surface area (Å²) in [4.78, 5) is 22.7. The van der Waals surface area contributed by atoms with E-state index in [1.165, 1.54) is 13.3 Å². The molecule has 114 valence electrons. The second kappa shape index (κ2) is 9.49. The average Bonchev–Trinajstić information content (AvgIpc) is 2.48. The van der Waals surface area contributed by atoms with Gasteiger partial charge in [0.1, 0.15) is 5.75 Å². The van der Waals surface area contributed by atoms with Crippen LogP contribution in [0.15, 0.2) is 29.4 Å². The highest BCUT2D eigenvalue weighted by molar-refractivity contribution is 6.35. The predicted octanol–water partition coefficient (Wildman–Crippen LogP) is 0.298. The van der Waals surface area contributed by atoms with Gasteiger partial charge in [-0.1, -0.05) is 12.1 Å². The molecular formula is C14H19N3O4. The molecule has 7 heteroatoms. The smallest absolute Gasteiger partial charge is 0.329 e. The fraction of sp³-hybridized carbons (Fsp3) is 0.357. The molecule has 0 spiro atoms. The minimum Gasteiger partial charge on any atom is -0.494 e. The van der Waals surface area contributed by atoms with Crippen LogP contribution in [0, 0.1) is 0 Å². The largest absolute Gasteiger partial charge is 0.494 e. The molecule has 0 bridgehead atoms. The number of amides is 2. The molecule has 0 saturated carbocycles. The number of nitrogens with zero attached hydrogens (tertiary/aromatic N) is 1. The molecule has 0 aliphatic heterocycles. The number of hydrogen-bond acceptors (Lipinski definition) is 5. The van der Waals surface area contributed by atoms with Gasteiger partial charge in [0.2, 0.25) is 0 Å². The quantitative estimate of drug-likeness (QED) is 0.327. The zero-order valence-electron chi connectivity index (χ0n) is 12.1. The van der Waals surface area contributed by atoms with Gasteiger partial charge in [0.05, 0.1) is 19.4 Å². The van der Waals surface area contributed by atoms with Crippen molar-refractivity contribution < 1.29 is 19.1 Å². The van der Waals surface area contributed by atoms with Crippen LogP contribution >= 0.6 is 0 Å². The van der Waals surface area contributed by atoms with Gasteiger partial charge < -0.3 is 14.8 Å². The molecule has 2 amide bonds. The number of hydrogen-bond donors (Lipinski definition) is 2. The molecule has 2 N–H and O–H groups in total. The lowest BCUT2D eigenvalue weighted by atomic mass is 10.2. The van der Waals surface area contributed by atoms with E-state index < -0.39 is 11.8 Å². The van der Waals surface area contributed by atoms with Crippen LogP contribution < -0.4 is 15.5 Å². The summed E-state index contributed by atoms with van der Waals surface area (Å²) in [5.74, 6) is -0.874. The minimum absolute atomic E-state index is 0.267. The van der Waals surface area contributed by atoms with Crippen molar-refractivity contribution in [2.45, 2.75) is 6.92 Å². The second-order valence-corrected chi connectivity index (χ2v) is 3.95. The number of ether oxygens (including phenoxy) is 2. The Hall–Kier alpha value is -2.41. The predicted molar refractivity (Wildman–Crippen MR) is 78.2 cm³/mol. The van der Waals surface area contributed by atoms with Gasteiger partial charge in [-0.2, -0.15) is 5.10 Å². The molecule has 0 heterocycles. The number of carbonyl (C=O) groups excluding carboxylic acids is 2. The average molecular weight is 293 g/mol. The van der Waals surface area contributed by atoms with Gasteiger partial charge in [0.15, 0.2) is 0 Å². The van der Waals surface area contributed by atoms with Gasteiger partial charge >= 0.3 is 11.8 Å². The third kappa shape index (κ3) is 6.53. The minimum atomic E-state index is -0.830.